The number of amides is 2. The molecule has 1 unspecified atom stereocenters. The van der Waals surface area contributed by atoms with Crippen LogP contribution in [0.15, 0.2) is 36.7 Å². The van der Waals surface area contributed by atoms with Crippen LogP contribution in [0.3, 0.4) is 0 Å². The molecule has 1 atom stereocenters. The highest BCUT2D eigenvalue weighted by Crippen LogP contribution is 2.22. The predicted molar refractivity (Wildman–Crippen MR) is 97.4 cm³/mol. The minimum atomic E-state index is -0.381. The highest BCUT2D eigenvalue weighted by atomic mass is 19.1. The molecule has 2 aliphatic heterocycles. The second kappa shape index (κ2) is 7.30. The van der Waals surface area contributed by atoms with Crippen molar-refractivity contribution in [1.82, 2.24) is 20.2 Å². The maximum absolute atomic E-state index is 13.1. The van der Waals surface area contributed by atoms with E-state index in [-0.39, 0.29) is 23.7 Å². The van der Waals surface area contributed by atoms with Gasteiger partial charge in [0.2, 0.25) is 11.8 Å². The van der Waals surface area contributed by atoms with Crippen molar-refractivity contribution in [2.45, 2.75) is 18.9 Å². The van der Waals surface area contributed by atoms with Gasteiger partial charge in [-0.2, -0.15) is 0 Å². The molecule has 8 heteroatoms. The summed E-state index contributed by atoms with van der Waals surface area (Å²) < 4.78 is 13.1. The van der Waals surface area contributed by atoms with Crippen LogP contribution < -0.4 is 10.2 Å². The first-order valence-corrected chi connectivity index (χ1v) is 9.01. The summed E-state index contributed by atoms with van der Waals surface area (Å²) in [6, 6.07) is 7.68. The van der Waals surface area contributed by atoms with Gasteiger partial charge in [0.25, 0.3) is 0 Å². The highest BCUT2D eigenvalue weighted by molar-refractivity contribution is 5.90. The van der Waals surface area contributed by atoms with Crippen molar-refractivity contribution in [3.8, 4) is 11.3 Å². The van der Waals surface area contributed by atoms with Gasteiger partial charge in [0, 0.05) is 44.2 Å². The van der Waals surface area contributed by atoms with E-state index in [1.165, 1.54) is 18.5 Å². The Labute approximate surface area is 156 Å². The zero-order chi connectivity index (χ0) is 18.8. The Balaban J connectivity index is 1.41. The van der Waals surface area contributed by atoms with Crippen molar-refractivity contribution in [1.29, 1.82) is 0 Å². The van der Waals surface area contributed by atoms with E-state index in [1.54, 1.807) is 17.0 Å². The lowest BCUT2D eigenvalue weighted by Crippen LogP contribution is -2.53. The quantitative estimate of drug-likeness (QED) is 0.880. The van der Waals surface area contributed by atoms with Crippen LogP contribution in [0, 0.1) is 5.82 Å². The number of nitrogens with one attached hydrogen (secondary N) is 1. The molecule has 0 bridgehead atoms. The zero-order valence-electron chi connectivity index (χ0n) is 14.8. The first kappa shape index (κ1) is 17.4. The standard InChI is InChI=1S/C19H20FN5O2/c20-14-3-1-13(2-4-14)16-11-17(22-12-21-16)24-7-9-25(10-8-24)19(27)15-5-6-18(26)23-15/h1-4,11-12,15H,5-10H2,(H,23,26). The summed E-state index contributed by atoms with van der Waals surface area (Å²) in [6.45, 7) is 2.49. The number of rotatable bonds is 3. The Hall–Kier alpha value is -3.03. The van der Waals surface area contributed by atoms with E-state index in [4.69, 9.17) is 0 Å². The third-order valence-electron chi connectivity index (χ3n) is 5.00. The fourth-order valence-electron chi connectivity index (χ4n) is 3.47. The first-order chi connectivity index (χ1) is 13.1. The molecule has 2 amide bonds. The number of aromatic nitrogens is 2. The smallest absolute Gasteiger partial charge is 0.245 e. The molecule has 2 aliphatic rings. The Bertz CT molecular complexity index is 849. The van der Waals surface area contributed by atoms with Crippen LogP contribution in [0.1, 0.15) is 12.8 Å². The Morgan fingerprint density at radius 3 is 2.52 bits per heavy atom. The maximum Gasteiger partial charge on any atom is 0.245 e. The molecule has 3 heterocycles. The number of carbonyl (C=O) groups is 2. The molecule has 1 N–H and O–H groups in total. The summed E-state index contributed by atoms with van der Waals surface area (Å²) in [5.41, 5.74) is 1.55. The molecular weight excluding hydrogens is 349 g/mol. The van der Waals surface area contributed by atoms with Gasteiger partial charge >= 0.3 is 0 Å². The Morgan fingerprint density at radius 2 is 1.85 bits per heavy atom. The monoisotopic (exact) mass is 369 g/mol. The summed E-state index contributed by atoms with van der Waals surface area (Å²) in [6.07, 6.45) is 2.49. The topological polar surface area (TPSA) is 78.4 Å². The summed E-state index contributed by atoms with van der Waals surface area (Å²) in [4.78, 5) is 36.3. The van der Waals surface area contributed by atoms with Crippen LogP contribution >= 0.6 is 0 Å². The predicted octanol–water partition coefficient (Wildman–Crippen LogP) is 1.21. The van der Waals surface area contributed by atoms with Gasteiger partial charge in [-0.05, 0) is 30.7 Å². The molecule has 2 fully saturated rings. The molecule has 27 heavy (non-hydrogen) atoms. The van der Waals surface area contributed by atoms with Crippen molar-refractivity contribution in [2.24, 2.45) is 0 Å². The van der Waals surface area contributed by atoms with Crippen LogP contribution in [0.25, 0.3) is 11.3 Å². The zero-order valence-corrected chi connectivity index (χ0v) is 14.8. The molecular formula is C19H20FN5O2. The van der Waals surface area contributed by atoms with Gasteiger partial charge in [0.1, 0.15) is 24.0 Å². The average molecular weight is 369 g/mol. The Kier molecular flexibility index (Phi) is 4.70. The fourth-order valence-corrected chi connectivity index (χ4v) is 3.47. The number of anilines is 1. The van der Waals surface area contributed by atoms with Gasteiger partial charge in [-0.3, -0.25) is 9.59 Å². The van der Waals surface area contributed by atoms with Crippen LogP contribution in [-0.4, -0.2) is 58.9 Å². The van der Waals surface area contributed by atoms with Crippen LogP contribution in [0.4, 0.5) is 10.2 Å². The summed E-state index contributed by atoms with van der Waals surface area (Å²) in [5.74, 6) is 0.439. The number of nitrogens with zero attached hydrogens (tertiary/aromatic N) is 4. The second-order valence-electron chi connectivity index (χ2n) is 6.74. The van der Waals surface area contributed by atoms with Gasteiger partial charge < -0.3 is 15.1 Å². The molecule has 2 aromatic rings. The lowest BCUT2D eigenvalue weighted by atomic mass is 10.1. The van der Waals surface area contributed by atoms with E-state index in [0.717, 1.165) is 17.1 Å². The van der Waals surface area contributed by atoms with E-state index in [0.29, 0.717) is 39.0 Å². The number of hydrogen-bond donors (Lipinski definition) is 1. The van der Waals surface area contributed by atoms with Gasteiger partial charge in [-0.1, -0.05) is 0 Å². The molecule has 1 aromatic heterocycles. The highest BCUT2D eigenvalue weighted by Gasteiger charge is 2.32. The van der Waals surface area contributed by atoms with E-state index < -0.39 is 0 Å². The normalized spacial score (nSPS) is 19.9. The van der Waals surface area contributed by atoms with Crippen molar-refractivity contribution in [3.05, 3.63) is 42.5 Å². The van der Waals surface area contributed by atoms with E-state index in [2.05, 4.69) is 20.2 Å². The number of benzene rings is 1. The minimum Gasteiger partial charge on any atom is -0.353 e. The summed E-state index contributed by atoms with van der Waals surface area (Å²) >= 11 is 0. The fraction of sp³-hybridized carbons (Fsp3) is 0.368. The molecule has 7 nitrogen and oxygen atoms in total. The molecule has 0 aliphatic carbocycles. The van der Waals surface area contributed by atoms with Gasteiger partial charge in [0.15, 0.2) is 0 Å². The maximum atomic E-state index is 13.1. The third-order valence-corrected chi connectivity index (χ3v) is 5.00. The van der Waals surface area contributed by atoms with Crippen molar-refractivity contribution < 1.29 is 14.0 Å². The molecule has 2 saturated heterocycles. The van der Waals surface area contributed by atoms with Crippen LogP contribution in [0.2, 0.25) is 0 Å². The number of piperazine rings is 1. The lowest BCUT2D eigenvalue weighted by Gasteiger charge is -2.36. The third kappa shape index (κ3) is 3.74. The summed E-state index contributed by atoms with van der Waals surface area (Å²) in [5, 5.41) is 2.73. The number of halogens is 1. The minimum absolute atomic E-state index is 0.00445. The molecule has 0 radical (unpaired) electrons. The van der Waals surface area contributed by atoms with Crippen molar-refractivity contribution in [3.63, 3.8) is 0 Å². The second-order valence-corrected chi connectivity index (χ2v) is 6.74. The molecule has 0 saturated carbocycles. The van der Waals surface area contributed by atoms with Crippen LogP contribution in [-0.2, 0) is 9.59 Å². The van der Waals surface area contributed by atoms with Gasteiger partial charge in [0.05, 0.1) is 5.69 Å². The van der Waals surface area contributed by atoms with Crippen molar-refractivity contribution in [2.75, 3.05) is 31.1 Å². The lowest BCUT2D eigenvalue weighted by molar-refractivity contribution is -0.134. The van der Waals surface area contributed by atoms with E-state index >= 15 is 0 Å². The SMILES string of the molecule is O=C1CCC(C(=O)N2CCN(c3cc(-c4ccc(F)cc4)ncn3)CC2)N1. The Morgan fingerprint density at radius 1 is 1.11 bits per heavy atom. The largest absolute Gasteiger partial charge is 0.353 e. The molecule has 140 valence electrons. The number of hydrogen-bond acceptors (Lipinski definition) is 5. The van der Waals surface area contributed by atoms with E-state index in [9.17, 15) is 14.0 Å². The summed E-state index contributed by atoms with van der Waals surface area (Å²) in [7, 11) is 0. The first-order valence-electron chi connectivity index (χ1n) is 9.01. The van der Waals surface area contributed by atoms with Gasteiger partial charge in [-0.25, -0.2) is 14.4 Å². The number of carbonyl (C=O) groups excluding carboxylic acids is 2. The molecule has 0 spiro atoms. The molecule has 1 aromatic carbocycles. The van der Waals surface area contributed by atoms with E-state index in [1.807, 2.05) is 6.07 Å². The van der Waals surface area contributed by atoms with Crippen molar-refractivity contribution >= 4 is 17.6 Å². The van der Waals surface area contributed by atoms with Crippen LogP contribution in [0.5, 0.6) is 0 Å². The molecule has 4 rings (SSSR count). The average Bonchev–Trinajstić information content (AvgIpc) is 3.14. The van der Waals surface area contributed by atoms with Gasteiger partial charge in [-0.15, -0.1) is 0 Å².